The summed E-state index contributed by atoms with van der Waals surface area (Å²) in [7, 11) is 1.57. The Morgan fingerprint density at radius 1 is 1.42 bits per heavy atom. The molecule has 0 aliphatic heterocycles. The largest absolute Gasteiger partial charge is 0.396 e. The molecule has 0 fully saturated rings. The lowest BCUT2D eigenvalue weighted by Gasteiger charge is -2.11. The summed E-state index contributed by atoms with van der Waals surface area (Å²) in [6.07, 6.45) is 0. The number of H-pyrrole nitrogens is 1. The zero-order valence-corrected chi connectivity index (χ0v) is 11.8. The molecule has 0 saturated heterocycles. The van der Waals surface area contributed by atoms with E-state index < -0.39 is 11.2 Å². The molecule has 0 saturated carbocycles. The van der Waals surface area contributed by atoms with Gasteiger partial charge in [-0.15, -0.1) is 0 Å². The molecule has 2 heterocycles. The van der Waals surface area contributed by atoms with E-state index in [4.69, 9.17) is 5.11 Å². The van der Waals surface area contributed by atoms with Crippen molar-refractivity contribution in [1.29, 1.82) is 0 Å². The van der Waals surface area contributed by atoms with E-state index in [9.17, 15) is 9.59 Å². The number of imidazole rings is 1. The molecule has 7 nitrogen and oxygen atoms in total. The van der Waals surface area contributed by atoms with Crippen LogP contribution in [0.2, 0.25) is 0 Å². The van der Waals surface area contributed by atoms with Crippen LogP contribution in [0.4, 0.5) is 0 Å². The van der Waals surface area contributed by atoms with Crippen molar-refractivity contribution in [2.45, 2.75) is 25.0 Å². The number of nitrogens with zero attached hydrogens (tertiary/aromatic N) is 3. The standard InChI is InChI=1S/C11H16N4O3S/c1-6(2)15-7-8(12-11(15)19-5-4-16)14(3)10(18)13-9(7)17/h6,16H,4-5H2,1-3H3,(H,13,17,18). The third-order valence-electron chi connectivity index (χ3n) is 2.76. The highest BCUT2D eigenvalue weighted by Gasteiger charge is 2.19. The van der Waals surface area contributed by atoms with E-state index in [1.807, 2.05) is 13.8 Å². The lowest BCUT2D eigenvalue weighted by molar-refractivity contribution is 0.322. The summed E-state index contributed by atoms with van der Waals surface area (Å²) in [6.45, 7) is 3.91. The summed E-state index contributed by atoms with van der Waals surface area (Å²) in [5.41, 5.74) is -0.166. The Bertz CT molecular complexity index is 713. The van der Waals surface area contributed by atoms with Gasteiger partial charge in [-0.1, -0.05) is 11.8 Å². The first kappa shape index (κ1) is 13.9. The number of hydrogen-bond acceptors (Lipinski definition) is 5. The Labute approximate surface area is 113 Å². The van der Waals surface area contributed by atoms with Gasteiger partial charge in [-0.25, -0.2) is 9.78 Å². The zero-order valence-electron chi connectivity index (χ0n) is 11.0. The van der Waals surface area contributed by atoms with E-state index in [1.54, 1.807) is 11.6 Å². The third kappa shape index (κ3) is 2.33. The van der Waals surface area contributed by atoms with Crippen molar-refractivity contribution in [3.8, 4) is 0 Å². The summed E-state index contributed by atoms with van der Waals surface area (Å²) in [4.78, 5) is 30.2. The number of aromatic amines is 1. The van der Waals surface area contributed by atoms with Crippen molar-refractivity contribution in [2.24, 2.45) is 7.05 Å². The molecule has 8 heteroatoms. The van der Waals surface area contributed by atoms with Crippen molar-refractivity contribution in [1.82, 2.24) is 19.1 Å². The first-order valence-corrected chi connectivity index (χ1v) is 6.90. The van der Waals surface area contributed by atoms with E-state index in [0.29, 0.717) is 22.1 Å². The van der Waals surface area contributed by atoms with Crippen LogP contribution in [0.5, 0.6) is 0 Å². The molecule has 2 aromatic heterocycles. The van der Waals surface area contributed by atoms with Crippen LogP contribution < -0.4 is 11.2 Å². The predicted octanol–water partition coefficient (Wildman–Crippen LogP) is 0.0886. The number of aliphatic hydroxyl groups excluding tert-OH is 1. The van der Waals surface area contributed by atoms with Crippen molar-refractivity contribution in [3.05, 3.63) is 20.8 Å². The van der Waals surface area contributed by atoms with Gasteiger partial charge in [0.25, 0.3) is 5.56 Å². The summed E-state index contributed by atoms with van der Waals surface area (Å²) in [6, 6.07) is 0.0322. The molecule has 0 spiro atoms. The maximum absolute atomic E-state index is 12.0. The number of aliphatic hydroxyl groups is 1. The molecule has 0 aliphatic rings. The van der Waals surface area contributed by atoms with Crippen LogP contribution in [0, 0.1) is 0 Å². The van der Waals surface area contributed by atoms with Crippen LogP contribution in [0.1, 0.15) is 19.9 Å². The third-order valence-corrected chi connectivity index (χ3v) is 3.69. The van der Waals surface area contributed by atoms with E-state index in [2.05, 4.69) is 9.97 Å². The number of aryl methyl sites for hydroxylation is 1. The quantitative estimate of drug-likeness (QED) is 0.776. The molecular weight excluding hydrogens is 268 g/mol. The van der Waals surface area contributed by atoms with Gasteiger partial charge < -0.3 is 9.67 Å². The fourth-order valence-corrected chi connectivity index (χ4v) is 2.77. The van der Waals surface area contributed by atoms with E-state index >= 15 is 0 Å². The molecule has 19 heavy (non-hydrogen) atoms. The van der Waals surface area contributed by atoms with Gasteiger partial charge in [-0.2, -0.15) is 0 Å². The van der Waals surface area contributed by atoms with E-state index in [1.165, 1.54) is 16.3 Å². The van der Waals surface area contributed by atoms with Crippen molar-refractivity contribution in [3.63, 3.8) is 0 Å². The molecule has 0 atom stereocenters. The van der Waals surface area contributed by atoms with Crippen molar-refractivity contribution in [2.75, 3.05) is 12.4 Å². The van der Waals surface area contributed by atoms with Gasteiger partial charge >= 0.3 is 5.69 Å². The van der Waals surface area contributed by atoms with Gasteiger partial charge in [0, 0.05) is 18.8 Å². The Morgan fingerprint density at radius 3 is 2.68 bits per heavy atom. The van der Waals surface area contributed by atoms with Crippen LogP contribution in [0.25, 0.3) is 11.2 Å². The van der Waals surface area contributed by atoms with Gasteiger partial charge in [0.1, 0.15) is 0 Å². The molecule has 0 amide bonds. The molecule has 0 unspecified atom stereocenters. The second kappa shape index (κ2) is 5.22. The Kier molecular flexibility index (Phi) is 3.81. The number of hydrogen-bond donors (Lipinski definition) is 2. The SMILES string of the molecule is CC(C)n1c(SCCO)nc2c1c(=O)[nH]c(=O)n2C. The second-order valence-electron chi connectivity index (χ2n) is 4.42. The Morgan fingerprint density at radius 2 is 2.11 bits per heavy atom. The molecule has 104 valence electrons. The number of thioether (sulfide) groups is 1. The monoisotopic (exact) mass is 284 g/mol. The molecule has 2 rings (SSSR count). The van der Waals surface area contributed by atoms with Crippen LogP contribution >= 0.6 is 11.8 Å². The fourth-order valence-electron chi connectivity index (χ4n) is 1.90. The maximum Gasteiger partial charge on any atom is 0.329 e. The van der Waals surface area contributed by atoms with Crippen molar-refractivity contribution >= 4 is 22.9 Å². The fraction of sp³-hybridized carbons (Fsp3) is 0.545. The van der Waals surface area contributed by atoms with Gasteiger partial charge in [-0.05, 0) is 13.8 Å². The molecule has 0 radical (unpaired) electrons. The van der Waals surface area contributed by atoms with Crippen LogP contribution in [0.3, 0.4) is 0 Å². The highest BCUT2D eigenvalue weighted by Crippen LogP contribution is 2.24. The topological polar surface area (TPSA) is 92.9 Å². The highest BCUT2D eigenvalue weighted by atomic mass is 32.2. The minimum absolute atomic E-state index is 0.0290. The Hall–Kier alpha value is -1.54. The number of nitrogens with one attached hydrogen (secondary N) is 1. The number of rotatable bonds is 4. The van der Waals surface area contributed by atoms with E-state index in [-0.39, 0.29) is 12.6 Å². The lowest BCUT2D eigenvalue weighted by atomic mass is 10.4. The minimum atomic E-state index is -0.482. The smallest absolute Gasteiger partial charge is 0.329 e. The first-order valence-electron chi connectivity index (χ1n) is 5.92. The number of fused-ring (bicyclic) bond motifs is 1. The summed E-state index contributed by atoms with van der Waals surface area (Å²) in [5.74, 6) is 0.488. The number of aromatic nitrogens is 4. The maximum atomic E-state index is 12.0. The first-order chi connectivity index (χ1) is 8.97. The van der Waals surface area contributed by atoms with Gasteiger partial charge in [0.2, 0.25) is 0 Å². The van der Waals surface area contributed by atoms with E-state index in [0.717, 1.165) is 0 Å². The van der Waals surface area contributed by atoms with Crippen LogP contribution in [-0.2, 0) is 7.05 Å². The van der Waals surface area contributed by atoms with Crippen molar-refractivity contribution < 1.29 is 5.11 Å². The molecule has 0 aliphatic carbocycles. The summed E-state index contributed by atoms with van der Waals surface area (Å²) < 4.78 is 3.10. The minimum Gasteiger partial charge on any atom is -0.396 e. The Balaban J connectivity index is 2.81. The lowest BCUT2D eigenvalue weighted by Crippen LogP contribution is -2.29. The second-order valence-corrected chi connectivity index (χ2v) is 5.48. The summed E-state index contributed by atoms with van der Waals surface area (Å²) >= 11 is 1.36. The average molecular weight is 284 g/mol. The molecule has 0 aromatic carbocycles. The summed E-state index contributed by atoms with van der Waals surface area (Å²) in [5, 5.41) is 9.53. The van der Waals surface area contributed by atoms with Gasteiger partial charge in [0.05, 0.1) is 6.61 Å². The van der Waals surface area contributed by atoms with Crippen LogP contribution in [-0.4, -0.2) is 36.6 Å². The normalized spacial score (nSPS) is 11.6. The van der Waals surface area contributed by atoms with Gasteiger partial charge in [0.15, 0.2) is 16.3 Å². The molecule has 2 aromatic rings. The highest BCUT2D eigenvalue weighted by molar-refractivity contribution is 7.99. The molecule has 0 bridgehead atoms. The molecule has 2 N–H and O–H groups in total. The average Bonchev–Trinajstić information content (AvgIpc) is 2.73. The predicted molar refractivity (Wildman–Crippen MR) is 73.8 cm³/mol. The van der Waals surface area contributed by atoms with Gasteiger partial charge in [-0.3, -0.25) is 14.3 Å². The van der Waals surface area contributed by atoms with Crippen LogP contribution in [0.15, 0.2) is 14.7 Å². The zero-order chi connectivity index (χ0) is 14.2. The molecular formula is C11H16N4O3S.